The second-order valence-electron chi connectivity index (χ2n) is 5.70. The van der Waals surface area contributed by atoms with Gasteiger partial charge >= 0.3 is 0 Å². The lowest BCUT2D eigenvalue weighted by Gasteiger charge is -2.35. The van der Waals surface area contributed by atoms with Gasteiger partial charge in [0.15, 0.2) is 0 Å². The third kappa shape index (κ3) is 3.55. The van der Waals surface area contributed by atoms with Gasteiger partial charge in [0.1, 0.15) is 5.82 Å². The first-order chi connectivity index (χ1) is 9.12. The molecule has 0 heterocycles. The van der Waals surface area contributed by atoms with Gasteiger partial charge in [-0.2, -0.15) is 0 Å². The molecule has 3 heteroatoms. The number of nitrogens with two attached hydrogens (primary N) is 1. The van der Waals surface area contributed by atoms with E-state index < -0.39 is 0 Å². The second-order valence-corrected chi connectivity index (χ2v) is 5.70. The zero-order chi connectivity index (χ0) is 13.7. The maximum atomic E-state index is 13.1. The Morgan fingerprint density at radius 2 is 1.58 bits per heavy atom. The molecule has 0 spiro atoms. The molecule has 0 aromatic heterocycles. The summed E-state index contributed by atoms with van der Waals surface area (Å²) in [5.41, 5.74) is 6.34. The van der Waals surface area contributed by atoms with Crippen molar-refractivity contribution in [3.63, 3.8) is 0 Å². The van der Waals surface area contributed by atoms with E-state index in [0.717, 1.165) is 31.2 Å². The smallest absolute Gasteiger partial charge is 0.218 e. The van der Waals surface area contributed by atoms with Crippen LogP contribution in [0.15, 0.2) is 24.3 Å². The predicted octanol–water partition coefficient (Wildman–Crippen LogP) is 3.68. The third-order valence-electron chi connectivity index (χ3n) is 4.28. The van der Waals surface area contributed by atoms with Crippen LogP contribution >= 0.6 is 0 Å². The summed E-state index contributed by atoms with van der Waals surface area (Å²) in [6, 6.07) is 6.60. The highest BCUT2D eigenvalue weighted by Crippen LogP contribution is 2.40. The maximum Gasteiger partial charge on any atom is 0.218 e. The average molecular weight is 263 g/mol. The van der Waals surface area contributed by atoms with Crippen LogP contribution in [0.2, 0.25) is 0 Å². The average Bonchev–Trinajstić information content (AvgIpc) is 2.33. The Bertz CT molecular complexity index is 419. The Labute approximate surface area is 114 Å². The molecule has 1 fully saturated rings. The summed E-state index contributed by atoms with van der Waals surface area (Å²) in [6.07, 6.45) is 8.25. The molecular weight excluding hydrogens is 241 g/mol. The first-order valence-electron chi connectivity index (χ1n) is 7.17. The summed E-state index contributed by atoms with van der Waals surface area (Å²) in [5.74, 6) is -0.492. The van der Waals surface area contributed by atoms with Crippen LogP contribution in [0.4, 0.5) is 4.39 Å². The minimum atomic E-state index is -0.259. The molecule has 1 aromatic carbocycles. The van der Waals surface area contributed by atoms with Crippen molar-refractivity contribution in [2.75, 3.05) is 0 Å². The molecule has 1 aromatic rings. The van der Waals surface area contributed by atoms with Crippen LogP contribution in [0.25, 0.3) is 0 Å². The number of halogens is 1. The number of amides is 1. The highest BCUT2D eigenvalue weighted by Gasteiger charge is 2.33. The van der Waals surface area contributed by atoms with Crippen LogP contribution in [-0.4, -0.2) is 5.91 Å². The lowest BCUT2D eigenvalue weighted by atomic mass is 9.69. The molecule has 0 radical (unpaired) electrons. The highest BCUT2D eigenvalue weighted by molar-refractivity contribution is 5.75. The van der Waals surface area contributed by atoms with Crippen LogP contribution in [0.3, 0.4) is 0 Å². The Kier molecular flexibility index (Phi) is 4.56. The van der Waals surface area contributed by atoms with Crippen molar-refractivity contribution in [3.05, 3.63) is 35.6 Å². The molecule has 1 aliphatic rings. The zero-order valence-electron chi connectivity index (χ0n) is 11.3. The van der Waals surface area contributed by atoms with E-state index in [1.54, 1.807) is 0 Å². The summed E-state index contributed by atoms with van der Waals surface area (Å²) in [4.78, 5) is 11.5. The molecule has 2 nitrogen and oxygen atoms in total. The molecule has 1 amide bonds. The lowest BCUT2D eigenvalue weighted by molar-refractivity contribution is -0.119. The van der Waals surface area contributed by atoms with Crippen molar-refractivity contribution in [2.45, 2.75) is 56.8 Å². The molecule has 1 aliphatic carbocycles. The third-order valence-corrected chi connectivity index (χ3v) is 4.28. The number of hydrogen-bond donors (Lipinski definition) is 1. The first-order valence-corrected chi connectivity index (χ1v) is 7.17. The van der Waals surface area contributed by atoms with Crippen molar-refractivity contribution < 1.29 is 9.18 Å². The van der Waals surface area contributed by atoms with Gasteiger partial charge in [-0.05, 0) is 30.5 Å². The Balaban J connectivity index is 2.30. The summed E-state index contributed by atoms with van der Waals surface area (Å²) in [6.45, 7) is 0. The Morgan fingerprint density at radius 3 is 2.11 bits per heavy atom. The van der Waals surface area contributed by atoms with Gasteiger partial charge in [-0.1, -0.05) is 44.2 Å². The van der Waals surface area contributed by atoms with Crippen molar-refractivity contribution in [2.24, 2.45) is 5.73 Å². The van der Waals surface area contributed by atoms with Crippen LogP contribution in [0.5, 0.6) is 0 Å². The van der Waals surface area contributed by atoms with Gasteiger partial charge in [-0.3, -0.25) is 4.79 Å². The molecule has 2 N–H and O–H groups in total. The zero-order valence-corrected chi connectivity index (χ0v) is 11.3. The number of rotatable bonds is 3. The summed E-state index contributed by atoms with van der Waals surface area (Å²) in [5, 5.41) is 0. The molecule has 1 saturated carbocycles. The van der Waals surface area contributed by atoms with E-state index in [4.69, 9.17) is 5.73 Å². The fraction of sp³-hybridized carbons (Fsp3) is 0.562. The fourth-order valence-electron chi connectivity index (χ4n) is 3.29. The normalized spacial score (nSPS) is 19.4. The Morgan fingerprint density at radius 1 is 1.05 bits per heavy atom. The molecule has 0 bridgehead atoms. The first kappa shape index (κ1) is 14.0. The summed E-state index contributed by atoms with van der Waals surface area (Å²) >= 11 is 0. The minimum Gasteiger partial charge on any atom is -0.370 e. The van der Waals surface area contributed by atoms with E-state index in [1.165, 1.54) is 31.4 Å². The fourth-order valence-corrected chi connectivity index (χ4v) is 3.29. The maximum absolute atomic E-state index is 13.1. The van der Waals surface area contributed by atoms with E-state index in [-0.39, 0.29) is 17.1 Å². The van der Waals surface area contributed by atoms with Crippen molar-refractivity contribution >= 4 is 5.91 Å². The number of benzene rings is 1. The quantitative estimate of drug-likeness (QED) is 0.888. The van der Waals surface area contributed by atoms with E-state index in [2.05, 4.69) is 0 Å². The monoisotopic (exact) mass is 263 g/mol. The number of hydrogen-bond acceptors (Lipinski definition) is 1. The minimum absolute atomic E-state index is 0.181. The van der Waals surface area contributed by atoms with Gasteiger partial charge in [0, 0.05) is 11.8 Å². The summed E-state index contributed by atoms with van der Waals surface area (Å²) in [7, 11) is 0. The number of primary amides is 1. The van der Waals surface area contributed by atoms with Gasteiger partial charge in [-0.15, -0.1) is 0 Å². The number of carbonyl (C=O) groups excluding carboxylic acids is 1. The van der Waals surface area contributed by atoms with Crippen molar-refractivity contribution in [1.82, 2.24) is 0 Å². The van der Waals surface area contributed by atoms with Crippen LogP contribution in [0.1, 0.15) is 56.9 Å². The van der Waals surface area contributed by atoms with E-state index in [9.17, 15) is 9.18 Å². The molecule has 0 atom stereocenters. The van der Waals surface area contributed by atoms with Gasteiger partial charge in [0.05, 0.1) is 0 Å². The van der Waals surface area contributed by atoms with E-state index in [0.29, 0.717) is 6.42 Å². The van der Waals surface area contributed by atoms with E-state index in [1.807, 2.05) is 12.1 Å². The molecule has 0 unspecified atom stereocenters. The lowest BCUT2D eigenvalue weighted by Crippen LogP contribution is -2.33. The molecule has 2 rings (SSSR count). The SMILES string of the molecule is NC(=O)CC1(c2ccc(F)cc2)CCCCCCC1. The topological polar surface area (TPSA) is 43.1 Å². The Hall–Kier alpha value is -1.38. The van der Waals surface area contributed by atoms with Crippen molar-refractivity contribution in [1.29, 1.82) is 0 Å². The van der Waals surface area contributed by atoms with Gasteiger partial charge in [-0.25, -0.2) is 4.39 Å². The van der Waals surface area contributed by atoms with Crippen LogP contribution in [-0.2, 0) is 10.2 Å². The van der Waals surface area contributed by atoms with Crippen LogP contribution < -0.4 is 5.73 Å². The summed E-state index contributed by atoms with van der Waals surface area (Å²) < 4.78 is 13.1. The van der Waals surface area contributed by atoms with Gasteiger partial charge in [0.2, 0.25) is 5.91 Å². The van der Waals surface area contributed by atoms with Crippen molar-refractivity contribution in [3.8, 4) is 0 Å². The standard InChI is InChI=1S/C16H22FNO/c17-14-8-6-13(7-9-14)16(12-15(18)19)10-4-2-1-3-5-11-16/h6-9H,1-5,10-12H2,(H2,18,19). The second kappa shape index (κ2) is 6.18. The predicted molar refractivity (Wildman–Crippen MR) is 74.2 cm³/mol. The molecule has 19 heavy (non-hydrogen) atoms. The molecule has 104 valence electrons. The highest BCUT2D eigenvalue weighted by atomic mass is 19.1. The molecular formula is C16H22FNO. The van der Waals surface area contributed by atoms with Gasteiger partial charge in [0.25, 0.3) is 0 Å². The van der Waals surface area contributed by atoms with Gasteiger partial charge < -0.3 is 5.73 Å². The number of carbonyl (C=O) groups is 1. The molecule has 0 aliphatic heterocycles. The molecule has 0 saturated heterocycles. The van der Waals surface area contributed by atoms with Crippen LogP contribution in [0, 0.1) is 5.82 Å². The van der Waals surface area contributed by atoms with E-state index >= 15 is 0 Å². The largest absolute Gasteiger partial charge is 0.370 e.